The molecule has 0 atom stereocenters. The van der Waals surface area contributed by atoms with Crippen molar-refractivity contribution in [2.75, 3.05) is 20.6 Å². The molecular formula is C12H22N2O. The van der Waals surface area contributed by atoms with Gasteiger partial charge in [-0.15, -0.1) is 0 Å². The Hall–Kier alpha value is -0.800. The molecule has 0 bridgehead atoms. The van der Waals surface area contributed by atoms with E-state index in [-0.39, 0.29) is 0 Å². The van der Waals surface area contributed by atoms with Crippen molar-refractivity contribution < 1.29 is 4.42 Å². The predicted molar refractivity (Wildman–Crippen MR) is 62.6 cm³/mol. The summed E-state index contributed by atoms with van der Waals surface area (Å²) < 4.78 is 5.67. The fourth-order valence-corrected chi connectivity index (χ4v) is 1.40. The number of rotatable bonds is 6. The third-order valence-electron chi connectivity index (χ3n) is 2.04. The zero-order chi connectivity index (χ0) is 11.3. The van der Waals surface area contributed by atoms with Gasteiger partial charge in [0, 0.05) is 0 Å². The Bertz CT molecular complexity index is 279. The highest BCUT2D eigenvalue weighted by Crippen LogP contribution is 2.09. The highest BCUT2D eigenvalue weighted by Gasteiger charge is 2.03. The summed E-state index contributed by atoms with van der Waals surface area (Å²) in [4.78, 5) is 2.10. The fraction of sp³-hybridized carbons (Fsp3) is 0.667. The Labute approximate surface area is 92.5 Å². The van der Waals surface area contributed by atoms with Crippen molar-refractivity contribution in [1.82, 2.24) is 10.2 Å². The first-order chi connectivity index (χ1) is 7.08. The minimum atomic E-state index is 0.682. The first kappa shape index (κ1) is 12.3. The summed E-state index contributed by atoms with van der Waals surface area (Å²) in [6.07, 6.45) is 0. The summed E-state index contributed by atoms with van der Waals surface area (Å²) in [5.74, 6) is 2.73. The number of nitrogens with one attached hydrogen (secondary N) is 1. The molecule has 1 aromatic heterocycles. The van der Waals surface area contributed by atoms with E-state index in [1.807, 2.05) is 26.2 Å². The van der Waals surface area contributed by atoms with Gasteiger partial charge in [0.05, 0.1) is 13.1 Å². The molecule has 0 spiro atoms. The number of hydrogen-bond donors (Lipinski definition) is 1. The molecule has 0 aliphatic heterocycles. The van der Waals surface area contributed by atoms with Gasteiger partial charge >= 0.3 is 0 Å². The van der Waals surface area contributed by atoms with Gasteiger partial charge in [-0.2, -0.15) is 0 Å². The summed E-state index contributed by atoms with van der Waals surface area (Å²) in [5, 5.41) is 3.36. The number of hydrogen-bond acceptors (Lipinski definition) is 3. The van der Waals surface area contributed by atoms with Crippen LogP contribution in [0.5, 0.6) is 0 Å². The Morgan fingerprint density at radius 2 is 1.93 bits per heavy atom. The molecule has 0 radical (unpaired) electrons. The third-order valence-corrected chi connectivity index (χ3v) is 2.04. The van der Waals surface area contributed by atoms with Crippen LogP contribution in [0.25, 0.3) is 0 Å². The Kier molecular flexibility index (Phi) is 4.85. The van der Waals surface area contributed by atoms with Gasteiger partial charge in [-0.1, -0.05) is 13.8 Å². The van der Waals surface area contributed by atoms with Crippen molar-refractivity contribution >= 4 is 0 Å². The smallest absolute Gasteiger partial charge is 0.118 e. The molecular weight excluding hydrogens is 188 g/mol. The van der Waals surface area contributed by atoms with Crippen LogP contribution in [0.15, 0.2) is 16.5 Å². The number of nitrogens with zero attached hydrogens (tertiary/aromatic N) is 1. The summed E-state index contributed by atoms with van der Waals surface area (Å²) >= 11 is 0. The summed E-state index contributed by atoms with van der Waals surface area (Å²) in [6, 6.07) is 4.10. The van der Waals surface area contributed by atoms with E-state index >= 15 is 0 Å². The van der Waals surface area contributed by atoms with Crippen LogP contribution in [0, 0.1) is 5.92 Å². The van der Waals surface area contributed by atoms with Crippen LogP contribution in [0.2, 0.25) is 0 Å². The second-order valence-electron chi connectivity index (χ2n) is 4.63. The maximum Gasteiger partial charge on any atom is 0.118 e. The molecule has 15 heavy (non-hydrogen) atoms. The van der Waals surface area contributed by atoms with Crippen LogP contribution in [-0.2, 0) is 13.1 Å². The van der Waals surface area contributed by atoms with Gasteiger partial charge in [0.2, 0.25) is 0 Å². The van der Waals surface area contributed by atoms with E-state index in [1.165, 1.54) is 0 Å². The van der Waals surface area contributed by atoms with Crippen LogP contribution in [0.4, 0.5) is 0 Å². The molecule has 1 aromatic rings. The van der Waals surface area contributed by atoms with Gasteiger partial charge in [-0.3, -0.25) is 0 Å². The van der Waals surface area contributed by atoms with Gasteiger partial charge in [-0.05, 0) is 38.7 Å². The molecule has 0 saturated heterocycles. The number of furan rings is 1. The molecule has 1 heterocycles. The molecule has 86 valence electrons. The van der Waals surface area contributed by atoms with E-state index in [1.54, 1.807) is 0 Å². The maximum absolute atomic E-state index is 5.67. The Balaban J connectivity index is 2.33. The van der Waals surface area contributed by atoms with E-state index in [0.29, 0.717) is 5.92 Å². The van der Waals surface area contributed by atoms with Gasteiger partial charge < -0.3 is 14.6 Å². The van der Waals surface area contributed by atoms with Gasteiger partial charge in [0.1, 0.15) is 11.5 Å². The van der Waals surface area contributed by atoms with Crippen molar-refractivity contribution in [2.24, 2.45) is 5.92 Å². The van der Waals surface area contributed by atoms with Crippen LogP contribution in [0.3, 0.4) is 0 Å². The third kappa shape index (κ3) is 5.00. The molecule has 1 N–H and O–H groups in total. The lowest BCUT2D eigenvalue weighted by atomic mass is 10.2. The topological polar surface area (TPSA) is 28.4 Å². The van der Waals surface area contributed by atoms with Crippen LogP contribution >= 0.6 is 0 Å². The lowest BCUT2D eigenvalue weighted by Crippen LogP contribution is -2.18. The van der Waals surface area contributed by atoms with Gasteiger partial charge in [-0.25, -0.2) is 0 Å². The molecule has 0 unspecified atom stereocenters. The molecule has 0 aliphatic carbocycles. The summed E-state index contributed by atoms with van der Waals surface area (Å²) in [5.41, 5.74) is 0. The van der Waals surface area contributed by atoms with Gasteiger partial charge in [0.25, 0.3) is 0 Å². The van der Waals surface area contributed by atoms with Gasteiger partial charge in [0.15, 0.2) is 0 Å². The average molecular weight is 210 g/mol. The zero-order valence-corrected chi connectivity index (χ0v) is 10.2. The lowest BCUT2D eigenvalue weighted by Gasteiger charge is -2.07. The van der Waals surface area contributed by atoms with Crippen molar-refractivity contribution in [1.29, 1.82) is 0 Å². The summed E-state index contributed by atoms with van der Waals surface area (Å²) in [6.45, 7) is 7.12. The van der Waals surface area contributed by atoms with E-state index in [9.17, 15) is 0 Å². The van der Waals surface area contributed by atoms with Crippen LogP contribution < -0.4 is 5.32 Å². The largest absolute Gasteiger partial charge is 0.463 e. The van der Waals surface area contributed by atoms with Crippen molar-refractivity contribution in [3.05, 3.63) is 23.7 Å². The predicted octanol–water partition coefficient (Wildman–Crippen LogP) is 2.09. The second-order valence-corrected chi connectivity index (χ2v) is 4.63. The normalized spacial score (nSPS) is 11.6. The van der Waals surface area contributed by atoms with E-state index in [2.05, 4.69) is 24.1 Å². The molecule has 3 heteroatoms. The highest BCUT2D eigenvalue weighted by atomic mass is 16.3. The van der Waals surface area contributed by atoms with Crippen LogP contribution in [-0.4, -0.2) is 25.5 Å². The molecule has 0 fully saturated rings. The summed E-state index contributed by atoms with van der Waals surface area (Å²) in [7, 11) is 4.08. The highest BCUT2D eigenvalue weighted by molar-refractivity contribution is 5.06. The quantitative estimate of drug-likeness (QED) is 0.779. The molecule has 0 aliphatic rings. The van der Waals surface area contributed by atoms with E-state index in [4.69, 9.17) is 4.42 Å². The Morgan fingerprint density at radius 3 is 2.53 bits per heavy atom. The molecule has 0 saturated carbocycles. The minimum absolute atomic E-state index is 0.682. The van der Waals surface area contributed by atoms with Crippen molar-refractivity contribution in [3.63, 3.8) is 0 Å². The zero-order valence-electron chi connectivity index (χ0n) is 10.2. The first-order valence-electron chi connectivity index (χ1n) is 5.51. The lowest BCUT2D eigenvalue weighted by molar-refractivity contribution is 0.338. The van der Waals surface area contributed by atoms with E-state index in [0.717, 1.165) is 31.2 Å². The average Bonchev–Trinajstić information content (AvgIpc) is 2.50. The molecule has 1 rings (SSSR count). The molecule has 0 amide bonds. The first-order valence-corrected chi connectivity index (χ1v) is 5.51. The van der Waals surface area contributed by atoms with Crippen molar-refractivity contribution in [2.45, 2.75) is 26.9 Å². The molecule has 0 aromatic carbocycles. The monoisotopic (exact) mass is 210 g/mol. The fourth-order valence-electron chi connectivity index (χ4n) is 1.40. The Morgan fingerprint density at radius 1 is 1.27 bits per heavy atom. The minimum Gasteiger partial charge on any atom is -0.463 e. The SMILES string of the molecule is CC(C)CNCc1ccc(CN(C)C)o1. The van der Waals surface area contributed by atoms with Crippen LogP contribution in [0.1, 0.15) is 25.4 Å². The standard InChI is InChI=1S/C12H22N2O/c1-10(2)7-13-8-11-5-6-12(15-11)9-14(3)4/h5-6,10,13H,7-9H2,1-4H3. The second kappa shape index (κ2) is 5.93. The molecule has 3 nitrogen and oxygen atoms in total. The maximum atomic E-state index is 5.67. The van der Waals surface area contributed by atoms with Crippen molar-refractivity contribution in [3.8, 4) is 0 Å². The van der Waals surface area contributed by atoms with E-state index < -0.39 is 0 Å².